The van der Waals surface area contributed by atoms with Gasteiger partial charge in [0.1, 0.15) is 0 Å². The third-order valence-corrected chi connectivity index (χ3v) is 1.92. The minimum Gasteiger partial charge on any atom is -0.466 e. The van der Waals surface area contributed by atoms with Crippen LogP contribution in [0.1, 0.15) is 19.8 Å². The lowest BCUT2D eigenvalue weighted by molar-refractivity contribution is -0.148. The first-order valence-corrected chi connectivity index (χ1v) is 4.22. The number of nitrogens with one attached hydrogen (secondary N) is 1. The molecule has 1 saturated heterocycles. The summed E-state index contributed by atoms with van der Waals surface area (Å²) >= 11 is 0. The normalized spacial score (nSPS) is 24.6. The van der Waals surface area contributed by atoms with Gasteiger partial charge in [-0.25, -0.2) is 0 Å². The van der Waals surface area contributed by atoms with E-state index in [-0.39, 0.29) is 11.9 Å². The highest BCUT2D eigenvalue weighted by Gasteiger charge is 2.21. The molecule has 0 aliphatic carbocycles. The Bertz CT molecular complexity index is 130. The van der Waals surface area contributed by atoms with Crippen LogP contribution in [0, 0.1) is 5.92 Å². The molecule has 0 unspecified atom stereocenters. The van der Waals surface area contributed by atoms with Gasteiger partial charge in [-0.05, 0) is 26.3 Å². The van der Waals surface area contributed by atoms with Crippen molar-refractivity contribution < 1.29 is 9.53 Å². The largest absolute Gasteiger partial charge is 0.466 e. The Morgan fingerprint density at radius 3 is 3.09 bits per heavy atom. The number of piperidine rings is 1. The molecule has 1 atom stereocenters. The van der Waals surface area contributed by atoms with Gasteiger partial charge < -0.3 is 10.1 Å². The molecule has 1 aliphatic heterocycles. The average Bonchev–Trinajstić information content (AvgIpc) is 2.07. The topological polar surface area (TPSA) is 38.3 Å². The van der Waals surface area contributed by atoms with E-state index < -0.39 is 0 Å². The first kappa shape index (κ1) is 8.53. The zero-order chi connectivity index (χ0) is 8.10. The average molecular weight is 159 g/mol. The van der Waals surface area contributed by atoms with E-state index >= 15 is 0 Å². The molecule has 1 rings (SSSR count). The summed E-state index contributed by atoms with van der Waals surface area (Å²) in [7, 11) is 0. The number of carbonyl (C=O) groups excluding carboxylic acids is 1. The standard InChI is InChI=1S/C8H15NO2/c1-2-11-8(10)7-4-3-5-9-6-7/h7,9H,2-6H2,1H3/t7-/m0/s1/i8+2. The van der Waals surface area contributed by atoms with E-state index in [2.05, 4.69) is 5.32 Å². The SMILES string of the molecule is CCO[14C](=O)[C@H]1CCCNC1. The van der Waals surface area contributed by atoms with Crippen LogP contribution in [0.4, 0.5) is 0 Å². The second-order valence-electron chi connectivity index (χ2n) is 2.80. The smallest absolute Gasteiger partial charge is 0.310 e. The number of esters is 1. The molecular weight excluding hydrogens is 144 g/mol. The van der Waals surface area contributed by atoms with Gasteiger partial charge in [-0.3, -0.25) is 4.79 Å². The predicted octanol–water partition coefficient (Wildman–Crippen LogP) is 0.549. The Morgan fingerprint density at radius 1 is 1.73 bits per heavy atom. The molecule has 1 heterocycles. The molecule has 0 amide bonds. The molecule has 11 heavy (non-hydrogen) atoms. The van der Waals surface area contributed by atoms with E-state index in [4.69, 9.17) is 4.74 Å². The number of carbonyl (C=O) groups is 1. The molecule has 0 radical (unpaired) electrons. The summed E-state index contributed by atoms with van der Waals surface area (Å²) in [4.78, 5) is 11.1. The fourth-order valence-electron chi connectivity index (χ4n) is 1.31. The van der Waals surface area contributed by atoms with Gasteiger partial charge in [-0.1, -0.05) is 0 Å². The maximum atomic E-state index is 11.1. The van der Waals surface area contributed by atoms with Crippen molar-refractivity contribution in [2.75, 3.05) is 19.7 Å². The Morgan fingerprint density at radius 2 is 2.55 bits per heavy atom. The van der Waals surface area contributed by atoms with Crippen LogP contribution >= 0.6 is 0 Å². The monoisotopic (exact) mass is 159 g/mol. The highest BCUT2D eigenvalue weighted by Crippen LogP contribution is 2.11. The number of rotatable bonds is 2. The van der Waals surface area contributed by atoms with Crippen molar-refractivity contribution in [2.24, 2.45) is 5.92 Å². The Balaban J connectivity index is 2.27. The Kier molecular flexibility index (Phi) is 3.36. The highest BCUT2D eigenvalue weighted by atomic mass is 16.8. The van der Waals surface area contributed by atoms with Gasteiger partial charge >= 0.3 is 5.97 Å². The molecule has 0 spiro atoms. The van der Waals surface area contributed by atoms with Crippen LogP contribution in [0.3, 0.4) is 0 Å². The summed E-state index contributed by atoms with van der Waals surface area (Å²) in [6.45, 7) is 4.16. The van der Waals surface area contributed by atoms with E-state index in [1.54, 1.807) is 0 Å². The first-order chi connectivity index (χ1) is 5.34. The molecule has 3 heteroatoms. The summed E-state index contributed by atoms with van der Waals surface area (Å²) in [6, 6.07) is 0. The van der Waals surface area contributed by atoms with Gasteiger partial charge in [0.25, 0.3) is 0 Å². The number of hydrogen-bond acceptors (Lipinski definition) is 3. The molecule has 3 nitrogen and oxygen atoms in total. The van der Waals surface area contributed by atoms with Crippen LogP contribution in [-0.4, -0.2) is 25.7 Å². The van der Waals surface area contributed by atoms with E-state index in [0.29, 0.717) is 6.61 Å². The van der Waals surface area contributed by atoms with Crippen LogP contribution < -0.4 is 5.32 Å². The zero-order valence-electron chi connectivity index (χ0n) is 6.93. The van der Waals surface area contributed by atoms with Crippen LogP contribution in [-0.2, 0) is 9.53 Å². The lowest BCUT2D eigenvalue weighted by Gasteiger charge is -2.20. The van der Waals surface area contributed by atoms with Crippen molar-refractivity contribution in [2.45, 2.75) is 19.8 Å². The predicted molar refractivity (Wildman–Crippen MR) is 42.2 cm³/mol. The van der Waals surface area contributed by atoms with Crippen LogP contribution in [0.25, 0.3) is 0 Å². The summed E-state index contributed by atoms with van der Waals surface area (Å²) in [5, 5.41) is 3.17. The van der Waals surface area contributed by atoms with Crippen molar-refractivity contribution in [3.63, 3.8) is 0 Å². The zero-order valence-corrected chi connectivity index (χ0v) is 6.93. The molecule has 0 aromatic carbocycles. The molecule has 0 saturated carbocycles. The summed E-state index contributed by atoms with van der Waals surface area (Å²) in [5.74, 6) is 0.0587. The fraction of sp³-hybridized carbons (Fsp3) is 0.875. The van der Waals surface area contributed by atoms with Gasteiger partial charge in [0, 0.05) is 6.54 Å². The van der Waals surface area contributed by atoms with E-state index in [1.807, 2.05) is 6.92 Å². The second-order valence-corrected chi connectivity index (χ2v) is 2.80. The molecule has 0 bridgehead atoms. The fourth-order valence-corrected chi connectivity index (χ4v) is 1.31. The van der Waals surface area contributed by atoms with Crippen LogP contribution in [0.5, 0.6) is 0 Å². The third kappa shape index (κ3) is 2.50. The maximum Gasteiger partial charge on any atom is 0.310 e. The van der Waals surface area contributed by atoms with Crippen LogP contribution in [0.15, 0.2) is 0 Å². The first-order valence-electron chi connectivity index (χ1n) is 4.22. The minimum atomic E-state index is -0.0419. The van der Waals surface area contributed by atoms with E-state index in [9.17, 15) is 4.79 Å². The van der Waals surface area contributed by atoms with Gasteiger partial charge in [-0.15, -0.1) is 0 Å². The molecule has 64 valence electrons. The molecule has 0 aromatic rings. The number of ether oxygens (including phenoxy) is 1. The van der Waals surface area contributed by atoms with Crippen molar-refractivity contribution in [3.05, 3.63) is 0 Å². The second kappa shape index (κ2) is 4.34. The Hall–Kier alpha value is -0.570. The van der Waals surface area contributed by atoms with Crippen molar-refractivity contribution >= 4 is 5.97 Å². The molecular formula is C8H15NO2. The van der Waals surface area contributed by atoms with E-state index in [0.717, 1.165) is 25.9 Å². The summed E-state index contributed by atoms with van der Waals surface area (Å²) in [6.07, 6.45) is 2.06. The van der Waals surface area contributed by atoms with Crippen molar-refractivity contribution in [3.8, 4) is 0 Å². The van der Waals surface area contributed by atoms with Gasteiger partial charge in [-0.2, -0.15) is 0 Å². The van der Waals surface area contributed by atoms with Gasteiger partial charge in [0.15, 0.2) is 0 Å². The van der Waals surface area contributed by atoms with Crippen LogP contribution in [0.2, 0.25) is 0 Å². The third-order valence-electron chi connectivity index (χ3n) is 1.92. The quantitative estimate of drug-likeness (QED) is 0.598. The van der Waals surface area contributed by atoms with Gasteiger partial charge in [0.05, 0.1) is 12.5 Å². The molecule has 1 aliphatic rings. The van der Waals surface area contributed by atoms with Crippen molar-refractivity contribution in [1.82, 2.24) is 5.32 Å². The lowest BCUT2D eigenvalue weighted by Crippen LogP contribution is -2.35. The Labute approximate surface area is 67.1 Å². The van der Waals surface area contributed by atoms with Crippen molar-refractivity contribution in [1.29, 1.82) is 0 Å². The molecule has 1 N–H and O–H groups in total. The molecule has 1 fully saturated rings. The highest BCUT2D eigenvalue weighted by molar-refractivity contribution is 5.72. The minimum absolute atomic E-state index is 0.0419. The lowest BCUT2D eigenvalue weighted by atomic mass is 10.1. The van der Waals surface area contributed by atoms with E-state index in [1.165, 1.54) is 0 Å². The van der Waals surface area contributed by atoms with Gasteiger partial charge in [0.2, 0.25) is 0 Å². The number of hydrogen-bond donors (Lipinski definition) is 1. The maximum absolute atomic E-state index is 11.1. The summed E-state index contributed by atoms with van der Waals surface area (Å²) < 4.78 is 4.90. The molecule has 0 aromatic heterocycles. The summed E-state index contributed by atoms with van der Waals surface area (Å²) in [5.41, 5.74) is 0.